The Hall–Kier alpha value is -2.10. The summed E-state index contributed by atoms with van der Waals surface area (Å²) < 4.78 is 9.95. The van der Waals surface area contributed by atoms with Gasteiger partial charge in [0, 0.05) is 6.08 Å². The first-order chi connectivity index (χ1) is 12.8. The van der Waals surface area contributed by atoms with E-state index in [9.17, 15) is 9.59 Å². The van der Waals surface area contributed by atoms with Gasteiger partial charge in [0.05, 0.1) is 5.56 Å². The van der Waals surface area contributed by atoms with Crippen molar-refractivity contribution in [2.24, 2.45) is 0 Å². The summed E-state index contributed by atoms with van der Waals surface area (Å²) in [4.78, 5) is 23.1. The van der Waals surface area contributed by atoms with E-state index in [4.69, 9.17) is 9.47 Å². The van der Waals surface area contributed by atoms with E-state index in [1.807, 2.05) is 69.2 Å². The number of esters is 2. The molecule has 0 aromatic heterocycles. The molecule has 1 rings (SSSR count). The summed E-state index contributed by atoms with van der Waals surface area (Å²) in [5.74, 6) is -0.911. The van der Waals surface area contributed by atoms with E-state index in [1.165, 1.54) is 5.56 Å². The zero-order valence-electron chi connectivity index (χ0n) is 19.3. The number of benzene rings is 1. The maximum Gasteiger partial charge on any atom is 0.338 e. The Morgan fingerprint density at radius 1 is 0.704 bits per heavy atom. The van der Waals surface area contributed by atoms with Gasteiger partial charge in [-0.15, -0.1) is 0 Å². The molecule has 1 aromatic rings. The molecule has 0 radical (unpaired) electrons. The third kappa shape index (κ3) is 9.41. The molecule has 0 amide bonds. The molecule has 0 N–H and O–H groups in total. The lowest BCUT2D eigenvalue weighted by Crippen LogP contribution is -2.16. The first kappa shape index (κ1) is 29.7. The van der Waals surface area contributed by atoms with Crippen molar-refractivity contribution in [1.82, 2.24) is 0 Å². The van der Waals surface area contributed by atoms with Crippen LogP contribution in [-0.2, 0) is 14.3 Å². The van der Waals surface area contributed by atoms with Crippen LogP contribution in [-0.4, -0.2) is 25.2 Å². The van der Waals surface area contributed by atoms with Gasteiger partial charge < -0.3 is 9.47 Å². The number of rotatable bonds is 5. The monoisotopic (exact) mass is 380 g/mol. The van der Waals surface area contributed by atoms with Crippen molar-refractivity contribution in [2.45, 2.75) is 76.2 Å². The maximum absolute atomic E-state index is 12.2. The Kier molecular flexibility index (Phi) is 19.0. The average Bonchev–Trinajstić information content (AvgIpc) is 2.72. The molecular formula is C23H40O4. The minimum absolute atomic E-state index is 0.0263. The maximum atomic E-state index is 12.2. The number of ether oxygens (including phenoxy) is 2. The predicted molar refractivity (Wildman–Crippen MR) is 116 cm³/mol. The second-order valence-corrected chi connectivity index (χ2v) is 5.01. The van der Waals surface area contributed by atoms with Crippen LogP contribution in [0.2, 0.25) is 0 Å². The summed E-state index contributed by atoms with van der Waals surface area (Å²) in [5.41, 5.74) is 5.87. The van der Waals surface area contributed by atoms with E-state index >= 15 is 0 Å². The fourth-order valence-corrected chi connectivity index (χ4v) is 2.21. The smallest absolute Gasteiger partial charge is 0.338 e. The van der Waals surface area contributed by atoms with Crippen molar-refractivity contribution in [3.05, 3.63) is 46.0 Å². The number of hydrogen-bond donors (Lipinski definition) is 0. The van der Waals surface area contributed by atoms with Gasteiger partial charge in [-0.25, -0.2) is 9.59 Å². The summed E-state index contributed by atoms with van der Waals surface area (Å²) in [6, 6.07) is 0. The minimum Gasteiger partial charge on any atom is -0.459 e. The van der Waals surface area contributed by atoms with Gasteiger partial charge in [0.25, 0.3) is 0 Å². The lowest BCUT2D eigenvalue weighted by molar-refractivity contribution is -0.138. The van der Waals surface area contributed by atoms with Crippen molar-refractivity contribution >= 4 is 11.9 Å². The summed E-state index contributed by atoms with van der Waals surface area (Å²) in [6.45, 7) is 25.2. The van der Waals surface area contributed by atoms with Crippen molar-refractivity contribution in [3.8, 4) is 0 Å². The van der Waals surface area contributed by atoms with E-state index in [0.717, 1.165) is 28.3 Å². The molecule has 0 fully saturated rings. The van der Waals surface area contributed by atoms with Crippen molar-refractivity contribution in [3.63, 3.8) is 0 Å². The standard InChI is InChI=1S/C17H22O4.3C2H6/c1-7-15(18)20-8-9-21-17(19)16-13(5)11(3)10(2)12(4)14(16)6;3*1-2/h7H,1,8-9H2,2-6H3;3*1-2H3. The number of hydrogen-bond acceptors (Lipinski definition) is 4. The highest BCUT2D eigenvalue weighted by Gasteiger charge is 2.19. The number of carbonyl (C=O) groups is 2. The fraction of sp³-hybridized carbons (Fsp3) is 0.565. The van der Waals surface area contributed by atoms with Crippen LogP contribution in [0.4, 0.5) is 0 Å². The fourth-order valence-electron chi connectivity index (χ4n) is 2.21. The van der Waals surface area contributed by atoms with Crippen LogP contribution in [0.5, 0.6) is 0 Å². The molecule has 1 aromatic carbocycles. The van der Waals surface area contributed by atoms with E-state index in [-0.39, 0.29) is 19.2 Å². The molecule has 0 atom stereocenters. The predicted octanol–water partition coefficient (Wildman–Crippen LogP) is 6.19. The SMILES string of the molecule is C=CC(=O)OCCOC(=O)c1c(C)c(C)c(C)c(C)c1C.CC.CC.CC. The summed E-state index contributed by atoms with van der Waals surface area (Å²) in [5, 5.41) is 0. The lowest BCUT2D eigenvalue weighted by Gasteiger charge is -2.17. The van der Waals surface area contributed by atoms with Gasteiger partial charge in [-0.3, -0.25) is 0 Å². The molecule has 4 nitrogen and oxygen atoms in total. The van der Waals surface area contributed by atoms with Gasteiger partial charge in [-0.1, -0.05) is 48.1 Å². The second kappa shape index (κ2) is 17.3. The van der Waals surface area contributed by atoms with Gasteiger partial charge in [-0.05, 0) is 62.4 Å². The topological polar surface area (TPSA) is 52.6 Å². The first-order valence-electron chi connectivity index (χ1n) is 9.84. The average molecular weight is 381 g/mol. The molecule has 0 spiro atoms. The van der Waals surface area contributed by atoms with Gasteiger partial charge in [0.2, 0.25) is 0 Å². The molecule has 0 bridgehead atoms. The molecule has 4 heteroatoms. The van der Waals surface area contributed by atoms with Crippen LogP contribution in [0.25, 0.3) is 0 Å². The Labute approximate surface area is 167 Å². The Bertz CT molecular complexity index is 558. The zero-order chi connectivity index (χ0) is 22.2. The molecule has 0 aliphatic heterocycles. The molecule has 0 aliphatic carbocycles. The highest BCUT2D eigenvalue weighted by molar-refractivity contribution is 5.93. The normalized spacial score (nSPS) is 8.56. The highest BCUT2D eigenvalue weighted by Crippen LogP contribution is 2.26. The summed E-state index contributed by atoms with van der Waals surface area (Å²) in [7, 11) is 0. The molecule has 0 unspecified atom stereocenters. The van der Waals surface area contributed by atoms with Crippen LogP contribution in [0.1, 0.15) is 79.7 Å². The third-order valence-corrected chi connectivity index (χ3v) is 3.93. The summed E-state index contributed by atoms with van der Waals surface area (Å²) in [6.07, 6.45) is 1.07. The minimum atomic E-state index is -0.527. The van der Waals surface area contributed by atoms with E-state index in [1.54, 1.807) is 0 Å². The van der Waals surface area contributed by atoms with Crippen LogP contribution in [0.3, 0.4) is 0 Å². The Morgan fingerprint density at radius 3 is 1.41 bits per heavy atom. The van der Waals surface area contributed by atoms with Gasteiger partial charge in [0.1, 0.15) is 13.2 Å². The van der Waals surface area contributed by atoms with Gasteiger partial charge in [-0.2, -0.15) is 0 Å². The quantitative estimate of drug-likeness (QED) is 0.347. The van der Waals surface area contributed by atoms with Gasteiger partial charge >= 0.3 is 11.9 Å². The van der Waals surface area contributed by atoms with Crippen LogP contribution in [0.15, 0.2) is 12.7 Å². The molecule has 0 saturated carbocycles. The molecular weight excluding hydrogens is 340 g/mol. The number of carbonyl (C=O) groups excluding carboxylic acids is 2. The van der Waals surface area contributed by atoms with E-state index < -0.39 is 5.97 Å². The highest BCUT2D eigenvalue weighted by atomic mass is 16.6. The van der Waals surface area contributed by atoms with E-state index in [0.29, 0.717) is 5.56 Å². The van der Waals surface area contributed by atoms with Crippen LogP contribution in [0, 0.1) is 34.6 Å². The largest absolute Gasteiger partial charge is 0.459 e. The molecule has 0 saturated heterocycles. The van der Waals surface area contributed by atoms with E-state index in [2.05, 4.69) is 13.5 Å². The lowest BCUT2D eigenvalue weighted by atomic mass is 9.90. The van der Waals surface area contributed by atoms with Crippen molar-refractivity contribution in [2.75, 3.05) is 13.2 Å². The summed E-state index contributed by atoms with van der Waals surface area (Å²) >= 11 is 0. The molecule has 27 heavy (non-hydrogen) atoms. The molecule has 156 valence electrons. The third-order valence-electron chi connectivity index (χ3n) is 3.93. The Balaban J connectivity index is -0.000000869. The molecule has 0 heterocycles. The van der Waals surface area contributed by atoms with Gasteiger partial charge in [0.15, 0.2) is 0 Å². The van der Waals surface area contributed by atoms with Crippen LogP contribution < -0.4 is 0 Å². The van der Waals surface area contributed by atoms with Crippen LogP contribution >= 0.6 is 0 Å². The Morgan fingerprint density at radius 2 is 1.04 bits per heavy atom. The van der Waals surface area contributed by atoms with Crippen molar-refractivity contribution < 1.29 is 19.1 Å². The second-order valence-electron chi connectivity index (χ2n) is 5.01. The first-order valence-corrected chi connectivity index (χ1v) is 9.84. The zero-order valence-corrected chi connectivity index (χ0v) is 19.3. The molecule has 0 aliphatic rings. The van der Waals surface area contributed by atoms with Crippen molar-refractivity contribution in [1.29, 1.82) is 0 Å².